The van der Waals surface area contributed by atoms with Gasteiger partial charge in [0.2, 0.25) is 10.0 Å². The number of halogens is 2. The summed E-state index contributed by atoms with van der Waals surface area (Å²) in [7, 11) is -2.91. The van der Waals surface area contributed by atoms with Gasteiger partial charge in [-0.05, 0) is 86.3 Å². The van der Waals surface area contributed by atoms with Crippen molar-refractivity contribution in [1.29, 1.82) is 0 Å². The first-order valence-electron chi connectivity index (χ1n) is 12.9. The molecule has 1 fully saturated rings. The van der Waals surface area contributed by atoms with E-state index in [1.54, 1.807) is 37.4 Å². The van der Waals surface area contributed by atoms with Crippen LogP contribution in [0.5, 0.6) is 0 Å². The van der Waals surface area contributed by atoms with Gasteiger partial charge in [0.15, 0.2) is 0 Å². The Morgan fingerprint density at radius 3 is 2.37 bits per heavy atom. The van der Waals surface area contributed by atoms with Crippen LogP contribution in [0.3, 0.4) is 0 Å². The van der Waals surface area contributed by atoms with Crippen LogP contribution in [0.25, 0.3) is 0 Å². The first kappa shape index (κ1) is 27.8. The maximum absolute atomic E-state index is 13.2. The highest BCUT2D eigenvalue weighted by atomic mass is 35.5. The Hall–Kier alpha value is -1.74. The minimum absolute atomic E-state index is 0.00500. The average molecular weight is 592 g/mol. The number of benzene rings is 3. The Labute approximate surface area is 238 Å². The Bertz CT molecular complexity index is 1420. The highest BCUT2D eigenvalue weighted by molar-refractivity contribution is 7.89. The topological polar surface area (TPSA) is 57.7 Å². The van der Waals surface area contributed by atoms with Gasteiger partial charge in [0.25, 0.3) is 0 Å². The van der Waals surface area contributed by atoms with Gasteiger partial charge in [-0.2, -0.15) is 0 Å². The van der Waals surface area contributed by atoms with Crippen molar-refractivity contribution in [3.63, 3.8) is 0 Å². The van der Waals surface area contributed by atoms with Gasteiger partial charge in [0, 0.05) is 29.7 Å². The van der Waals surface area contributed by atoms with Crippen molar-refractivity contribution < 1.29 is 12.6 Å². The van der Waals surface area contributed by atoms with Crippen molar-refractivity contribution in [3.05, 3.63) is 94.0 Å². The number of hydrogen-bond donors (Lipinski definition) is 0. The van der Waals surface area contributed by atoms with Gasteiger partial charge in [-0.15, -0.1) is 0 Å². The smallest absolute Gasteiger partial charge is 0.242 e. The second kappa shape index (κ2) is 11.4. The molecular weight excluding hydrogens is 559 g/mol. The molecule has 1 unspecified atom stereocenters. The molecule has 0 aromatic heterocycles. The molecule has 3 aromatic rings. The van der Waals surface area contributed by atoms with Crippen LogP contribution in [0.1, 0.15) is 36.3 Å². The SMILES string of the molecule is CN(C[C@H](CCN1CCC2(CC1)CS(=O)c1ccccc12)c1ccc(Cl)c(Cl)c1)S(=O)(=O)c1ccccc1. The zero-order valence-electron chi connectivity index (χ0n) is 21.4. The number of nitrogens with zero attached hydrogens (tertiary/aromatic N) is 2. The highest BCUT2D eigenvalue weighted by Gasteiger charge is 2.44. The van der Waals surface area contributed by atoms with Crippen LogP contribution in [-0.4, -0.2) is 60.8 Å². The Morgan fingerprint density at radius 1 is 0.974 bits per heavy atom. The number of rotatable bonds is 8. The molecule has 5 nitrogen and oxygen atoms in total. The average Bonchev–Trinajstić information content (AvgIpc) is 3.20. The third kappa shape index (κ3) is 5.60. The van der Waals surface area contributed by atoms with Crippen molar-refractivity contribution >= 4 is 44.0 Å². The molecule has 5 rings (SSSR count). The summed E-state index contributed by atoms with van der Waals surface area (Å²) < 4.78 is 40.7. The van der Waals surface area contributed by atoms with Gasteiger partial charge < -0.3 is 4.90 Å². The Morgan fingerprint density at radius 2 is 1.66 bits per heavy atom. The standard InChI is InChI=1S/C29H32Cl2N2O3S2/c1-32(38(35,36)24-7-3-2-4-8-24)20-23(22-11-12-26(30)27(31)19-22)13-16-33-17-14-29(15-18-33)21-37(34)28-10-6-5-9-25(28)29/h2-12,19,23H,13-18,20-21H2,1H3/t23-,37?/m0/s1. The molecule has 202 valence electrons. The van der Waals surface area contributed by atoms with Crippen molar-refractivity contribution in [1.82, 2.24) is 9.21 Å². The number of likely N-dealkylation sites (tertiary alicyclic amines) is 1. The molecule has 0 radical (unpaired) electrons. The number of piperidine rings is 1. The van der Waals surface area contributed by atoms with Gasteiger partial charge >= 0.3 is 0 Å². The lowest BCUT2D eigenvalue weighted by Gasteiger charge is -2.40. The molecule has 1 spiro atoms. The molecule has 0 amide bonds. The van der Waals surface area contributed by atoms with E-state index < -0.39 is 20.8 Å². The number of hydrogen-bond acceptors (Lipinski definition) is 4. The van der Waals surface area contributed by atoms with Crippen LogP contribution in [-0.2, 0) is 26.2 Å². The predicted molar refractivity (Wildman–Crippen MR) is 155 cm³/mol. The van der Waals surface area contributed by atoms with E-state index in [9.17, 15) is 12.6 Å². The fourth-order valence-electron chi connectivity index (χ4n) is 5.78. The second-order valence-electron chi connectivity index (χ2n) is 10.4. The van der Waals surface area contributed by atoms with Gasteiger partial charge in [-0.25, -0.2) is 12.7 Å². The first-order valence-corrected chi connectivity index (χ1v) is 16.4. The van der Waals surface area contributed by atoms with Gasteiger partial charge in [-0.3, -0.25) is 4.21 Å². The van der Waals surface area contributed by atoms with E-state index >= 15 is 0 Å². The van der Waals surface area contributed by atoms with Crippen molar-refractivity contribution in [3.8, 4) is 0 Å². The summed E-state index contributed by atoms with van der Waals surface area (Å²) >= 11 is 12.5. The third-order valence-electron chi connectivity index (χ3n) is 8.06. The van der Waals surface area contributed by atoms with Crippen LogP contribution in [0.15, 0.2) is 82.6 Å². The quantitative estimate of drug-likeness (QED) is 0.325. The molecular formula is C29H32Cl2N2O3S2. The first-order chi connectivity index (χ1) is 18.2. The minimum atomic E-state index is -3.62. The van der Waals surface area contributed by atoms with Gasteiger partial charge in [-0.1, -0.05) is 65.7 Å². The summed E-state index contributed by atoms with van der Waals surface area (Å²) in [5.41, 5.74) is 2.24. The van der Waals surface area contributed by atoms with Crippen LogP contribution in [0.2, 0.25) is 10.0 Å². The summed E-state index contributed by atoms with van der Waals surface area (Å²) in [5.74, 6) is 0.665. The summed E-state index contributed by atoms with van der Waals surface area (Å²) in [4.78, 5) is 3.74. The summed E-state index contributed by atoms with van der Waals surface area (Å²) in [5, 5.41) is 0.950. The molecule has 0 bridgehead atoms. The van der Waals surface area contributed by atoms with E-state index in [2.05, 4.69) is 17.0 Å². The normalized spacial score (nSPS) is 20.1. The molecule has 1 saturated heterocycles. The molecule has 3 aromatic carbocycles. The zero-order chi connectivity index (χ0) is 26.9. The van der Waals surface area contributed by atoms with E-state index in [1.807, 2.05) is 30.3 Å². The molecule has 0 N–H and O–H groups in total. The molecule has 2 aliphatic heterocycles. The van der Waals surface area contributed by atoms with E-state index in [4.69, 9.17) is 23.2 Å². The summed E-state index contributed by atoms with van der Waals surface area (Å²) in [6, 6.07) is 22.3. The zero-order valence-corrected chi connectivity index (χ0v) is 24.5. The third-order valence-corrected chi connectivity index (χ3v) is 12.3. The van der Waals surface area contributed by atoms with Crippen molar-refractivity contribution in [2.45, 2.75) is 40.4 Å². The number of fused-ring (bicyclic) bond motifs is 2. The van der Waals surface area contributed by atoms with E-state index in [1.165, 1.54) is 9.87 Å². The number of sulfonamides is 1. The summed E-state index contributed by atoms with van der Waals surface area (Å²) in [6.45, 7) is 3.03. The van der Waals surface area contributed by atoms with Crippen LogP contribution in [0.4, 0.5) is 0 Å². The van der Waals surface area contributed by atoms with Crippen molar-refractivity contribution in [2.75, 3.05) is 39.0 Å². The largest absolute Gasteiger partial charge is 0.303 e. The number of likely N-dealkylation sites (N-methyl/N-ethyl adjacent to an activating group) is 1. The Kier molecular flexibility index (Phi) is 8.34. The predicted octanol–water partition coefficient (Wildman–Crippen LogP) is 5.94. The van der Waals surface area contributed by atoms with E-state index in [-0.39, 0.29) is 16.2 Å². The van der Waals surface area contributed by atoms with E-state index in [0.717, 1.165) is 49.4 Å². The fourth-order valence-corrected chi connectivity index (χ4v) is 9.18. The monoisotopic (exact) mass is 590 g/mol. The Balaban J connectivity index is 1.29. The minimum Gasteiger partial charge on any atom is -0.303 e. The van der Waals surface area contributed by atoms with Gasteiger partial charge in [0.1, 0.15) is 0 Å². The lowest BCUT2D eigenvalue weighted by atomic mass is 9.74. The molecule has 2 heterocycles. The van der Waals surface area contributed by atoms with Crippen molar-refractivity contribution in [2.24, 2.45) is 0 Å². The molecule has 0 aliphatic carbocycles. The molecule has 0 saturated carbocycles. The maximum atomic E-state index is 13.2. The second-order valence-corrected chi connectivity index (χ2v) is 14.6. The molecule has 38 heavy (non-hydrogen) atoms. The highest BCUT2D eigenvalue weighted by Crippen LogP contribution is 2.45. The van der Waals surface area contributed by atoms with E-state index in [0.29, 0.717) is 22.3 Å². The molecule has 2 aliphatic rings. The summed E-state index contributed by atoms with van der Waals surface area (Å²) in [6.07, 6.45) is 2.74. The lowest BCUT2D eigenvalue weighted by molar-refractivity contribution is 0.165. The van der Waals surface area contributed by atoms with Crippen LogP contribution < -0.4 is 0 Å². The van der Waals surface area contributed by atoms with Crippen LogP contribution >= 0.6 is 23.2 Å². The fraction of sp³-hybridized carbons (Fsp3) is 0.379. The van der Waals surface area contributed by atoms with Gasteiger partial charge in [0.05, 0.1) is 25.7 Å². The molecule has 9 heteroatoms. The lowest BCUT2D eigenvalue weighted by Crippen LogP contribution is -2.44. The van der Waals surface area contributed by atoms with Crippen LogP contribution in [0, 0.1) is 0 Å². The maximum Gasteiger partial charge on any atom is 0.242 e. The molecule has 2 atom stereocenters.